The second-order valence-corrected chi connectivity index (χ2v) is 4.47. The molecule has 0 saturated carbocycles. The van der Waals surface area contributed by atoms with Gasteiger partial charge < -0.3 is 14.6 Å². The molecule has 0 aliphatic carbocycles. The highest BCUT2D eigenvalue weighted by atomic mass is 19.4. The van der Waals surface area contributed by atoms with E-state index in [0.717, 1.165) is 0 Å². The summed E-state index contributed by atoms with van der Waals surface area (Å²) >= 11 is 0. The Balaban J connectivity index is 1.93. The topological polar surface area (TPSA) is 60.2 Å². The summed E-state index contributed by atoms with van der Waals surface area (Å²) in [6.07, 6.45) is -4.35. The van der Waals surface area contributed by atoms with E-state index in [9.17, 15) is 13.2 Å². The zero-order chi connectivity index (χ0) is 15.5. The first-order chi connectivity index (χ1) is 9.83. The van der Waals surface area contributed by atoms with Crippen LogP contribution in [-0.4, -0.2) is 22.9 Å². The molecular weight excluding hydrogens is 287 g/mol. The van der Waals surface area contributed by atoms with Gasteiger partial charge in [0.05, 0.1) is 0 Å². The van der Waals surface area contributed by atoms with E-state index in [1.807, 2.05) is 6.92 Å². The van der Waals surface area contributed by atoms with Crippen molar-refractivity contribution in [1.29, 1.82) is 0 Å². The first-order valence-electron chi connectivity index (χ1n) is 6.20. The zero-order valence-corrected chi connectivity index (χ0v) is 11.4. The highest BCUT2D eigenvalue weighted by molar-refractivity contribution is 5.47. The fourth-order valence-electron chi connectivity index (χ4n) is 1.61. The molecule has 0 fully saturated rings. The molecule has 0 bridgehead atoms. The van der Waals surface area contributed by atoms with Crippen LogP contribution in [0.25, 0.3) is 0 Å². The Hall–Kier alpha value is -2.25. The van der Waals surface area contributed by atoms with E-state index >= 15 is 0 Å². The molecule has 0 spiro atoms. The Labute approximate surface area is 119 Å². The number of alkyl halides is 3. The molecule has 0 radical (unpaired) electrons. The largest absolute Gasteiger partial charge is 0.484 e. The maximum absolute atomic E-state index is 12.0. The molecule has 1 N–H and O–H groups in total. The number of hydrogen-bond donors (Lipinski definition) is 1. The Bertz CT molecular complexity index is 581. The van der Waals surface area contributed by atoms with Crippen molar-refractivity contribution in [1.82, 2.24) is 10.1 Å². The molecule has 1 heterocycles. The van der Waals surface area contributed by atoms with Crippen LogP contribution < -0.4 is 10.1 Å². The fourth-order valence-corrected chi connectivity index (χ4v) is 1.61. The molecule has 21 heavy (non-hydrogen) atoms. The molecule has 1 atom stereocenters. The molecule has 8 heteroatoms. The van der Waals surface area contributed by atoms with Crippen molar-refractivity contribution in [3.05, 3.63) is 36.0 Å². The highest BCUT2D eigenvalue weighted by Crippen LogP contribution is 2.22. The van der Waals surface area contributed by atoms with Crippen LogP contribution >= 0.6 is 0 Å². The third kappa shape index (κ3) is 4.66. The van der Waals surface area contributed by atoms with E-state index in [1.54, 1.807) is 19.1 Å². The van der Waals surface area contributed by atoms with Crippen molar-refractivity contribution in [3.63, 3.8) is 0 Å². The monoisotopic (exact) mass is 301 g/mol. The first kappa shape index (κ1) is 15.1. The normalized spacial score (nSPS) is 13.0. The van der Waals surface area contributed by atoms with E-state index < -0.39 is 12.8 Å². The third-order valence-electron chi connectivity index (χ3n) is 2.55. The van der Waals surface area contributed by atoms with Crippen LogP contribution in [0.2, 0.25) is 0 Å². The number of anilines is 1. The molecule has 114 valence electrons. The van der Waals surface area contributed by atoms with Crippen LogP contribution in [-0.2, 0) is 0 Å². The summed E-state index contributed by atoms with van der Waals surface area (Å²) in [7, 11) is 0. The number of hydrogen-bond acceptors (Lipinski definition) is 5. The number of nitrogens with zero attached hydrogens (tertiary/aromatic N) is 2. The molecule has 2 aromatic rings. The lowest BCUT2D eigenvalue weighted by atomic mass is 10.2. The summed E-state index contributed by atoms with van der Waals surface area (Å²) in [4.78, 5) is 4.09. The third-order valence-corrected chi connectivity index (χ3v) is 2.55. The van der Waals surface area contributed by atoms with Gasteiger partial charge in [0.2, 0.25) is 5.89 Å². The van der Waals surface area contributed by atoms with E-state index in [4.69, 9.17) is 4.52 Å². The maximum atomic E-state index is 12.0. The van der Waals surface area contributed by atoms with E-state index in [2.05, 4.69) is 20.2 Å². The minimum absolute atomic E-state index is 0.152. The molecule has 1 aromatic heterocycles. The Morgan fingerprint density at radius 3 is 2.48 bits per heavy atom. The van der Waals surface area contributed by atoms with Gasteiger partial charge in [0.25, 0.3) is 0 Å². The number of rotatable bonds is 5. The Kier molecular flexibility index (Phi) is 4.35. The van der Waals surface area contributed by atoms with Crippen molar-refractivity contribution in [2.24, 2.45) is 0 Å². The Morgan fingerprint density at radius 1 is 1.29 bits per heavy atom. The molecule has 5 nitrogen and oxygen atoms in total. The second-order valence-electron chi connectivity index (χ2n) is 4.47. The van der Waals surface area contributed by atoms with Crippen LogP contribution in [0.5, 0.6) is 5.75 Å². The summed E-state index contributed by atoms with van der Waals surface area (Å²) in [5, 5.41) is 6.79. The molecule has 0 amide bonds. The molecule has 0 unspecified atom stereocenters. The standard InChI is InChI=1S/C13H14F3N3O2/c1-8(12-18-9(2)19-21-12)17-10-3-5-11(6-4-10)20-7-13(14,15)16/h3-6,8,17H,7H2,1-2H3/t8-/m1/s1. The second kappa shape index (κ2) is 6.02. The molecular formula is C13H14F3N3O2. The number of benzene rings is 1. The van der Waals surface area contributed by atoms with Crippen molar-refractivity contribution < 1.29 is 22.4 Å². The molecule has 0 saturated heterocycles. The predicted molar refractivity (Wildman–Crippen MR) is 69.1 cm³/mol. The predicted octanol–water partition coefficient (Wildman–Crippen LogP) is 3.49. The molecule has 0 aliphatic rings. The van der Waals surface area contributed by atoms with Gasteiger partial charge in [0.15, 0.2) is 12.4 Å². The summed E-state index contributed by atoms with van der Waals surface area (Å²) < 4.78 is 45.7. The summed E-state index contributed by atoms with van der Waals surface area (Å²) in [5.74, 6) is 1.12. The lowest BCUT2D eigenvalue weighted by molar-refractivity contribution is -0.153. The SMILES string of the molecule is Cc1noc([C@@H](C)Nc2ccc(OCC(F)(F)F)cc2)n1. The lowest BCUT2D eigenvalue weighted by Crippen LogP contribution is -2.19. The van der Waals surface area contributed by atoms with Crippen LogP contribution in [0.3, 0.4) is 0 Å². The van der Waals surface area contributed by atoms with Gasteiger partial charge in [-0.05, 0) is 38.1 Å². The summed E-state index contributed by atoms with van der Waals surface area (Å²) in [6.45, 7) is 2.24. The van der Waals surface area contributed by atoms with Crippen molar-refractivity contribution in [2.45, 2.75) is 26.1 Å². The van der Waals surface area contributed by atoms with Crippen LogP contribution in [0.1, 0.15) is 24.7 Å². The zero-order valence-electron chi connectivity index (χ0n) is 11.4. The van der Waals surface area contributed by atoms with Crippen LogP contribution in [0.4, 0.5) is 18.9 Å². The van der Waals surface area contributed by atoms with E-state index in [0.29, 0.717) is 17.4 Å². The van der Waals surface area contributed by atoms with Gasteiger partial charge in [-0.2, -0.15) is 18.2 Å². The van der Waals surface area contributed by atoms with Gasteiger partial charge in [-0.3, -0.25) is 0 Å². The first-order valence-corrected chi connectivity index (χ1v) is 6.20. The quantitative estimate of drug-likeness (QED) is 0.916. The smallest absolute Gasteiger partial charge is 0.422 e. The minimum atomic E-state index is -4.35. The van der Waals surface area contributed by atoms with Gasteiger partial charge in [-0.1, -0.05) is 5.16 Å². The number of halogens is 3. The van der Waals surface area contributed by atoms with Gasteiger partial charge in [-0.25, -0.2) is 0 Å². The average Bonchev–Trinajstić information content (AvgIpc) is 2.84. The van der Waals surface area contributed by atoms with E-state index in [1.165, 1.54) is 12.1 Å². The number of nitrogens with one attached hydrogen (secondary N) is 1. The number of ether oxygens (including phenoxy) is 1. The number of aryl methyl sites for hydroxylation is 1. The van der Waals surface area contributed by atoms with Gasteiger partial charge in [0, 0.05) is 5.69 Å². The maximum Gasteiger partial charge on any atom is 0.422 e. The van der Waals surface area contributed by atoms with Crippen molar-refractivity contribution in [3.8, 4) is 5.75 Å². The van der Waals surface area contributed by atoms with E-state index in [-0.39, 0.29) is 11.8 Å². The molecule has 0 aliphatic heterocycles. The average molecular weight is 301 g/mol. The van der Waals surface area contributed by atoms with Gasteiger partial charge in [0.1, 0.15) is 11.8 Å². The number of aromatic nitrogens is 2. The highest BCUT2D eigenvalue weighted by Gasteiger charge is 2.28. The summed E-state index contributed by atoms with van der Waals surface area (Å²) in [6, 6.07) is 5.93. The fraction of sp³-hybridized carbons (Fsp3) is 0.385. The van der Waals surface area contributed by atoms with Crippen LogP contribution in [0, 0.1) is 6.92 Å². The van der Waals surface area contributed by atoms with Crippen molar-refractivity contribution >= 4 is 5.69 Å². The molecule has 2 rings (SSSR count). The lowest BCUT2D eigenvalue weighted by Gasteiger charge is -2.12. The molecule has 1 aromatic carbocycles. The van der Waals surface area contributed by atoms with Crippen LogP contribution in [0.15, 0.2) is 28.8 Å². The van der Waals surface area contributed by atoms with Crippen molar-refractivity contribution in [2.75, 3.05) is 11.9 Å². The van der Waals surface area contributed by atoms with Gasteiger partial charge >= 0.3 is 6.18 Å². The summed E-state index contributed by atoms with van der Waals surface area (Å²) in [5.41, 5.74) is 0.706. The Morgan fingerprint density at radius 2 is 1.95 bits per heavy atom. The minimum Gasteiger partial charge on any atom is -0.484 e. The van der Waals surface area contributed by atoms with Gasteiger partial charge in [-0.15, -0.1) is 0 Å².